The largest absolute Gasteiger partial charge is 0.343 e. The van der Waals surface area contributed by atoms with Gasteiger partial charge in [-0.2, -0.15) is 0 Å². The molecule has 1 aromatic rings. The summed E-state index contributed by atoms with van der Waals surface area (Å²) < 4.78 is 13.2. The fourth-order valence-electron chi connectivity index (χ4n) is 2.29. The van der Waals surface area contributed by atoms with E-state index in [1.54, 1.807) is 0 Å². The number of anilines is 1. The SMILES string of the molecule is CC(C)[C@H](N)C(=O)NC1CCN(c2ccc(F)c(Cl)c2)C1=O. The number of carbonyl (C=O) groups excluding carboxylic acids is 2. The number of nitrogens with two attached hydrogens (primary N) is 1. The summed E-state index contributed by atoms with van der Waals surface area (Å²) >= 11 is 5.74. The van der Waals surface area contributed by atoms with E-state index in [0.29, 0.717) is 18.7 Å². The average Bonchev–Trinajstić information content (AvgIpc) is 2.82. The maximum absolute atomic E-state index is 13.2. The van der Waals surface area contributed by atoms with E-state index in [1.165, 1.54) is 23.1 Å². The maximum atomic E-state index is 13.2. The number of carbonyl (C=O) groups is 2. The first-order valence-electron chi connectivity index (χ1n) is 7.13. The number of nitrogens with one attached hydrogen (secondary N) is 1. The molecule has 1 aliphatic rings. The third-order valence-electron chi connectivity index (χ3n) is 3.76. The molecule has 120 valence electrons. The van der Waals surface area contributed by atoms with Crippen LogP contribution in [0.4, 0.5) is 10.1 Å². The lowest BCUT2D eigenvalue weighted by Gasteiger charge is -2.20. The highest BCUT2D eigenvalue weighted by atomic mass is 35.5. The molecule has 1 saturated heterocycles. The van der Waals surface area contributed by atoms with Crippen LogP contribution in [-0.2, 0) is 9.59 Å². The first-order chi connectivity index (χ1) is 10.3. The van der Waals surface area contributed by atoms with E-state index >= 15 is 0 Å². The van der Waals surface area contributed by atoms with Crippen LogP contribution in [0.1, 0.15) is 20.3 Å². The zero-order chi connectivity index (χ0) is 16.4. The summed E-state index contributed by atoms with van der Waals surface area (Å²) in [5, 5.41) is 2.63. The lowest BCUT2D eigenvalue weighted by molar-refractivity contribution is -0.127. The van der Waals surface area contributed by atoms with Crippen LogP contribution in [0.15, 0.2) is 18.2 Å². The van der Waals surface area contributed by atoms with Crippen molar-refractivity contribution in [2.75, 3.05) is 11.4 Å². The summed E-state index contributed by atoms with van der Waals surface area (Å²) in [6, 6.07) is 2.84. The van der Waals surface area contributed by atoms with Crippen molar-refractivity contribution in [2.24, 2.45) is 11.7 Å². The van der Waals surface area contributed by atoms with E-state index < -0.39 is 17.9 Å². The predicted octanol–water partition coefficient (Wildman–Crippen LogP) is 1.68. The van der Waals surface area contributed by atoms with Gasteiger partial charge in [-0.15, -0.1) is 0 Å². The molecule has 0 aromatic heterocycles. The summed E-state index contributed by atoms with van der Waals surface area (Å²) in [4.78, 5) is 25.8. The number of benzene rings is 1. The highest BCUT2D eigenvalue weighted by molar-refractivity contribution is 6.31. The second-order valence-corrected chi connectivity index (χ2v) is 6.12. The van der Waals surface area contributed by atoms with Gasteiger partial charge in [-0.05, 0) is 30.5 Å². The van der Waals surface area contributed by atoms with Crippen LogP contribution in [0, 0.1) is 11.7 Å². The fourth-order valence-corrected chi connectivity index (χ4v) is 2.47. The van der Waals surface area contributed by atoms with E-state index in [1.807, 2.05) is 13.8 Å². The van der Waals surface area contributed by atoms with Crippen molar-refractivity contribution in [2.45, 2.75) is 32.4 Å². The van der Waals surface area contributed by atoms with Crippen molar-refractivity contribution in [1.82, 2.24) is 5.32 Å². The van der Waals surface area contributed by atoms with Gasteiger partial charge in [-0.3, -0.25) is 9.59 Å². The van der Waals surface area contributed by atoms with E-state index in [4.69, 9.17) is 17.3 Å². The number of halogens is 2. The molecular formula is C15H19ClFN3O2. The molecule has 0 saturated carbocycles. The minimum Gasteiger partial charge on any atom is -0.343 e. The van der Waals surface area contributed by atoms with Crippen molar-refractivity contribution in [1.29, 1.82) is 0 Å². The zero-order valence-corrected chi connectivity index (χ0v) is 13.2. The summed E-state index contributed by atoms with van der Waals surface area (Å²) in [5.74, 6) is -1.13. The smallest absolute Gasteiger partial charge is 0.249 e. The minimum absolute atomic E-state index is 0.0106. The summed E-state index contributed by atoms with van der Waals surface area (Å²) in [6.45, 7) is 4.11. The molecule has 3 N–H and O–H groups in total. The van der Waals surface area contributed by atoms with E-state index in [-0.39, 0.29) is 22.8 Å². The monoisotopic (exact) mass is 327 g/mol. The molecule has 2 atom stereocenters. The zero-order valence-electron chi connectivity index (χ0n) is 12.5. The Bertz CT molecular complexity index is 594. The summed E-state index contributed by atoms with van der Waals surface area (Å²) in [7, 11) is 0. The Morgan fingerprint density at radius 3 is 2.77 bits per heavy atom. The average molecular weight is 328 g/mol. The Morgan fingerprint density at radius 1 is 1.50 bits per heavy atom. The Kier molecular flexibility index (Phi) is 5.03. The van der Waals surface area contributed by atoms with Crippen LogP contribution in [0.5, 0.6) is 0 Å². The van der Waals surface area contributed by atoms with Crippen LogP contribution in [-0.4, -0.2) is 30.4 Å². The second-order valence-electron chi connectivity index (χ2n) is 5.71. The second kappa shape index (κ2) is 6.62. The molecule has 5 nitrogen and oxygen atoms in total. The van der Waals surface area contributed by atoms with Gasteiger partial charge in [0.1, 0.15) is 11.9 Å². The van der Waals surface area contributed by atoms with Gasteiger partial charge >= 0.3 is 0 Å². The molecule has 2 rings (SSSR count). The molecule has 0 aliphatic carbocycles. The molecule has 2 amide bonds. The van der Waals surface area contributed by atoms with Gasteiger partial charge in [0, 0.05) is 12.2 Å². The van der Waals surface area contributed by atoms with Crippen LogP contribution in [0.3, 0.4) is 0 Å². The minimum atomic E-state index is -0.651. The Labute approximate surface area is 133 Å². The van der Waals surface area contributed by atoms with Crippen LogP contribution < -0.4 is 16.0 Å². The molecule has 1 aromatic carbocycles. The lowest BCUT2D eigenvalue weighted by atomic mass is 10.0. The number of hydrogen-bond donors (Lipinski definition) is 2. The molecule has 1 heterocycles. The first kappa shape index (κ1) is 16.7. The predicted molar refractivity (Wildman–Crippen MR) is 83.1 cm³/mol. The van der Waals surface area contributed by atoms with Crippen molar-refractivity contribution in [3.05, 3.63) is 29.0 Å². The van der Waals surface area contributed by atoms with Gasteiger partial charge in [0.25, 0.3) is 0 Å². The number of hydrogen-bond acceptors (Lipinski definition) is 3. The summed E-state index contributed by atoms with van der Waals surface area (Å²) in [6.07, 6.45) is 0.477. The van der Waals surface area contributed by atoms with Crippen molar-refractivity contribution in [3.8, 4) is 0 Å². The molecule has 1 unspecified atom stereocenters. The topological polar surface area (TPSA) is 75.4 Å². The van der Waals surface area contributed by atoms with Gasteiger partial charge in [0.05, 0.1) is 11.1 Å². The lowest BCUT2D eigenvalue weighted by Crippen LogP contribution is -2.50. The van der Waals surface area contributed by atoms with Crippen molar-refractivity contribution in [3.63, 3.8) is 0 Å². The van der Waals surface area contributed by atoms with Gasteiger partial charge < -0.3 is 16.0 Å². The van der Waals surface area contributed by atoms with Gasteiger partial charge in [0.2, 0.25) is 11.8 Å². The van der Waals surface area contributed by atoms with E-state index in [0.717, 1.165) is 0 Å². The van der Waals surface area contributed by atoms with Crippen LogP contribution >= 0.6 is 11.6 Å². The molecule has 7 heteroatoms. The molecule has 0 bridgehead atoms. The van der Waals surface area contributed by atoms with Crippen LogP contribution in [0.25, 0.3) is 0 Å². The quantitative estimate of drug-likeness (QED) is 0.883. The highest BCUT2D eigenvalue weighted by Crippen LogP contribution is 2.26. The standard InChI is InChI=1S/C15H19ClFN3O2/c1-8(2)13(18)14(21)19-12-5-6-20(15(12)22)9-3-4-11(17)10(16)7-9/h3-4,7-8,12-13H,5-6,18H2,1-2H3,(H,19,21)/t12?,13-/m0/s1. The van der Waals surface area contributed by atoms with Crippen molar-refractivity contribution < 1.29 is 14.0 Å². The van der Waals surface area contributed by atoms with Gasteiger partial charge in [-0.25, -0.2) is 4.39 Å². The van der Waals surface area contributed by atoms with Crippen LogP contribution in [0.2, 0.25) is 5.02 Å². The molecule has 1 fully saturated rings. The summed E-state index contributed by atoms with van der Waals surface area (Å²) in [5.41, 5.74) is 6.28. The van der Waals surface area contributed by atoms with Crippen molar-refractivity contribution >= 4 is 29.1 Å². The van der Waals surface area contributed by atoms with E-state index in [2.05, 4.69) is 5.32 Å². The number of rotatable bonds is 4. The highest BCUT2D eigenvalue weighted by Gasteiger charge is 2.35. The van der Waals surface area contributed by atoms with Gasteiger partial charge in [0.15, 0.2) is 0 Å². The molecule has 0 spiro atoms. The first-order valence-corrected chi connectivity index (χ1v) is 7.51. The molecular weight excluding hydrogens is 309 g/mol. The molecule has 0 radical (unpaired) electrons. The molecule has 22 heavy (non-hydrogen) atoms. The normalized spacial score (nSPS) is 19.6. The van der Waals surface area contributed by atoms with Gasteiger partial charge in [-0.1, -0.05) is 25.4 Å². The Hall–Kier alpha value is -1.66. The van der Waals surface area contributed by atoms with E-state index in [9.17, 15) is 14.0 Å². The fraction of sp³-hybridized carbons (Fsp3) is 0.467. The maximum Gasteiger partial charge on any atom is 0.249 e. The number of amides is 2. The third-order valence-corrected chi connectivity index (χ3v) is 4.05. The Morgan fingerprint density at radius 2 is 2.18 bits per heavy atom. The Balaban J connectivity index is 2.06. The number of nitrogens with zero attached hydrogens (tertiary/aromatic N) is 1. The molecule has 1 aliphatic heterocycles. The third kappa shape index (κ3) is 3.39.